The lowest BCUT2D eigenvalue weighted by Gasteiger charge is -2.34. The highest BCUT2D eigenvalue weighted by molar-refractivity contribution is 6.45. The molecular weight excluding hydrogens is 420 g/mol. The summed E-state index contributed by atoms with van der Waals surface area (Å²) in [5, 5.41) is 0.660. The number of Topliss-reactive ketones (excluding diaryl/α,β-unsaturated/α-hetero) is 1. The molecule has 8 nitrogen and oxygen atoms in total. The molecule has 0 bridgehead atoms. The molecule has 1 N–H and O–H groups in total. The second-order valence-electron chi connectivity index (χ2n) is 8.00. The number of carbonyl (C=O) groups excluding carboxylic acids is 3. The van der Waals surface area contributed by atoms with Gasteiger partial charge < -0.3 is 19.2 Å². The quantitative estimate of drug-likeness (QED) is 0.386. The highest BCUT2D eigenvalue weighted by Gasteiger charge is 2.31. The van der Waals surface area contributed by atoms with Crippen LogP contribution < -0.4 is 0 Å². The molecule has 2 amide bonds. The van der Waals surface area contributed by atoms with E-state index in [1.807, 2.05) is 25.1 Å². The van der Waals surface area contributed by atoms with Crippen molar-refractivity contribution >= 4 is 28.5 Å². The average molecular weight is 442 g/mol. The first-order chi connectivity index (χ1) is 16.0. The van der Waals surface area contributed by atoms with Gasteiger partial charge >= 0.3 is 0 Å². The summed E-state index contributed by atoms with van der Waals surface area (Å²) in [6.07, 6.45) is 4.79. The lowest BCUT2D eigenvalue weighted by Crippen LogP contribution is -2.52. The summed E-state index contributed by atoms with van der Waals surface area (Å²) < 4.78 is 5.47. The maximum atomic E-state index is 13.2. The SMILES string of the molecule is Cc1cnc(-c2ccco2)c2[nH]cc(C(=O)C(=O)N3CCN(C(=O)c4ccccc4)CC3)c12. The van der Waals surface area contributed by atoms with Crippen LogP contribution in [0.15, 0.2) is 65.5 Å². The Bertz CT molecular complexity index is 1330. The van der Waals surface area contributed by atoms with E-state index in [0.29, 0.717) is 59.7 Å². The predicted molar refractivity (Wildman–Crippen MR) is 122 cm³/mol. The first kappa shape index (κ1) is 20.7. The van der Waals surface area contributed by atoms with Crippen LogP contribution in [0.3, 0.4) is 0 Å². The van der Waals surface area contributed by atoms with E-state index in [4.69, 9.17) is 4.42 Å². The van der Waals surface area contributed by atoms with Crippen molar-refractivity contribution in [3.05, 3.63) is 77.8 Å². The maximum absolute atomic E-state index is 13.2. The normalized spacial score (nSPS) is 14.0. The van der Waals surface area contributed by atoms with Crippen molar-refractivity contribution in [3.63, 3.8) is 0 Å². The Morgan fingerprint density at radius 1 is 0.970 bits per heavy atom. The van der Waals surface area contributed by atoms with Gasteiger partial charge in [0.15, 0.2) is 5.76 Å². The van der Waals surface area contributed by atoms with Crippen LogP contribution in [0, 0.1) is 6.92 Å². The number of aryl methyl sites for hydroxylation is 1. The van der Waals surface area contributed by atoms with Crippen LogP contribution in [0.4, 0.5) is 0 Å². The molecule has 1 aromatic carbocycles. The van der Waals surface area contributed by atoms with Crippen LogP contribution in [-0.4, -0.2) is 63.5 Å². The number of benzene rings is 1. The van der Waals surface area contributed by atoms with E-state index in [2.05, 4.69) is 9.97 Å². The van der Waals surface area contributed by atoms with Crippen molar-refractivity contribution in [2.75, 3.05) is 26.2 Å². The monoisotopic (exact) mass is 442 g/mol. The molecule has 0 radical (unpaired) electrons. The third-order valence-electron chi connectivity index (χ3n) is 5.97. The summed E-state index contributed by atoms with van der Waals surface area (Å²) in [4.78, 5) is 49.6. The zero-order valence-electron chi connectivity index (χ0n) is 18.1. The Labute approximate surface area is 189 Å². The predicted octanol–water partition coefficient (Wildman–Crippen LogP) is 3.30. The smallest absolute Gasteiger partial charge is 0.295 e. The van der Waals surface area contributed by atoms with Crippen molar-refractivity contribution in [1.82, 2.24) is 19.8 Å². The van der Waals surface area contributed by atoms with Crippen molar-refractivity contribution < 1.29 is 18.8 Å². The van der Waals surface area contributed by atoms with Gasteiger partial charge in [-0.25, -0.2) is 0 Å². The number of amides is 2. The van der Waals surface area contributed by atoms with Crippen molar-refractivity contribution in [3.8, 4) is 11.5 Å². The fourth-order valence-electron chi connectivity index (χ4n) is 4.22. The number of aromatic amines is 1. The van der Waals surface area contributed by atoms with Crippen molar-refractivity contribution in [2.24, 2.45) is 0 Å². The van der Waals surface area contributed by atoms with E-state index in [1.165, 1.54) is 4.90 Å². The fraction of sp³-hybridized carbons (Fsp3) is 0.200. The van der Waals surface area contributed by atoms with Crippen LogP contribution in [0.1, 0.15) is 26.3 Å². The molecule has 5 rings (SSSR count). The van der Waals surface area contributed by atoms with Gasteiger partial charge in [-0.3, -0.25) is 19.4 Å². The number of furan rings is 1. The van der Waals surface area contributed by atoms with Crippen LogP contribution in [0.2, 0.25) is 0 Å². The van der Waals surface area contributed by atoms with E-state index >= 15 is 0 Å². The van der Waals surface area contributed by atoms with Crippen molar-refractivity contribution in [2.45, 2.75) is 6.92 Å². The van der Waals surface area contributed by atoms with Gasteiger partial charge in [0.1, 0.15) is 5.69 Å². The number of aromatic nitrogens is 2. The zero-order valence-corrected chi connectivity index (χ0v) is 18.1. The van der Waals surface area contributed by atoms with Gasteiger partial charge in [-0.15, -0.1) is 0 Å². The first-order valence-electron chi connectivity index (χ1n) is 10.7. The topological polar surface area (TPSA) is 99.5 Å². The van der Waals surface area contributed by atoms with Crippen LogP contribution in [0.25, 0.3) is 22.4 Å². The van der Waals surface area contributed by atoms with Gasteiger partial charge in [0.2, 0.25) is 0 Å². The molecule has 0 aliphatic carbocycles. The number of H-pyrrole nitrogens is 1. The number of ketones is 1. The lowest BCUT2D eigenvalue weighted by molar-refractivity contribution is -0.127. The van der Waals surface area contributed by atoms with Gasteiger partial charge in [0.25, 0.3) is 17.6 Å². The number of rotatable bonds is 4. The molecule has 1 saturated heterocycles. The molecule has 166 valence electrons. The fourth-order valence-corrected chi connectivity index (χ4v) is 4.22. The Balaban J connectivity index is 1.34. The van der Waals surface area contributed by atoms with Gasteiger partial charge in [-0.1, -0.05) is 18.2 Å². The number of carbonyl (C=O) groups is 3. The standard InChI is InChI=1S/C25H22N4O4/c1-16-14-26-21(19-8-5-13-33-19)22-20(16)18(15-27-22)23(30)25(32)29-11-9-28(10-12-29)24(31)17-6-3-2-4-7-17/h2-8,13-15,27H,9-12H2,1H3. The lowest BCUT2D eigenvalue weighted by atomic mass is 10.0. The Hall–Kier alpha value is -4.20. The third kappa shape index (κ3) is 3.69. The molecule has 1 fully saturated rings. The zero-order chi connectivity index (χ0) is 22.9. The van der Waals surface area contributed by atoms with Gasteiger partial charge in [0.05, 0.1) is 17.3 Å². The molecule has 0 unspecified atom stereocenters. The number of piperazine rings is 1. The molecule has 0 saturated carbocycles. The highest BCUT2D eigenvalue weighted by Crippen LogP contribution is 2.31. The van der Waals surface area contributed by atoms with E-state index < -0.39 is 11.7 Å². The average Bonchev–Trinajstić information content (AvgIpc) is 3.55. The molecule has 8 heteroatoms. The summed E-state index contributed by atoms with van der Waals surface area (Å²) in [6, 6.07) is 12.6. The van der Waals surface area contributed by atoms with E-state index in [9.17, 15) is 14.4 Å². The number of nitrogens with zero attached hydrogens (tertiary/aromatic N) is 3. The Morgan fingerprint density at radius 2 is 1.70 bits per heavy atom. The first-order valence-corrected chi connectivity index (χ1v) is 10.7. The number of hydrogen-bond donors (Lipinski definition) is 1. The molecule has 33 heavy (non-hydrogen) atoms. The van der Waals surface area contributed by atoms with Gasteiger partial charge in [-0.05, 0) is 36.8 Å². The number of nitrogens with one attached hydrogen (secondary N) is 1. The molecular formula is C25H22N4O4. The minimum atomic E-state index is -0.580. The van der Waals surface area contributed by atoms with E-state index in [1.54, 1.807) is 47.8 Å². The number of pyridine rings is 1. The van der Waals surface area contributed by atoms with E-state index in [0.717, 1.165) is 5.56 Å². The Kier molecular flexibility index (Phi) is 5.26. The van der Waals surface area contributed by atoms with Crippen molar-refractivity contribution in [1.29, 1.82) is 0 Å². The van der Waals surface area contributed by atoms with Gasteiger partial charge in [0, 0.05) is 49.5 Å². The van der Waals surface area contributed by atoms with Crippen LogP contribution in [-0.2, 0) is 4.79 Å². The third-order valence-corrected chi connectivity index (χ3v) is 5.97. The van der Waals surface area contributed by atoms with Gasteiger partial charge in [-0.2, -0.15) is 0 Å². The summed E-state index contributed by atoms with van der Waals surface area (Å²) in [5.41, 5.74) is 2.95. The molecule has 0 atom stereocenters. The minimum Gasteiger partial charge on any atom is -0.463 e. The molecule has 1 aliphatic heterocycles. The largest absolute Gasteiger partial charge is 0.463 e. The van der Waals surface area contributed by atoms with E-state index in [-0.39, 0.29) is 5.91 Å². The molecule has 3 aromatic heterocycles. The summed E-state index contributed by atoms with van der Waals surface area (Å²) in [7, 11) is 0. The second-order valence-corrected chi connectivity index (χ2v) is 8.00. The molecule has 4 aromatic rings. The number of hydrogen-bond acceptors (Lipinski definition) is 5. The minimum absolute atomic E-state index is 0.0702. The highest BCUT2D eigenvalue weighted by atomic mass is 16.3. The molecule has 4 heterocycles. The molecule has 1 aliphatic rings. The summed E-state index contributed by atoms with van der Waals surface area (Å²) >= 11 is 0. The summed E-state index contributed by atoms with van der Waals surface area (Å²) in [5.74, 6) is -0.645. The number of fused-ring (bicyclic) bond motifs is 1. The van der Waals surface area contributed by atoms with Crippen LogP contribution in [0.5, 0.6) is 0 Å². The Morgan fingerprint density at radius 3 is 2.39 bits per heavy atom. The molecule has 0 spiro atoms. The maximum Gasteiger partial charge on any atom is 0.295 e. The van der Waals surface area contributed by atoms with Crippen LogP contribution >= 0.6 is 0 Å². The second kappa shape index (κ2) is 8.38. The summed E-state index contributed by atoms with van der Waals surface area (Å²) in [6.45, 7) is 3.23.